The summed E-state index contributed by atoms with van der Waals surface area (Å²) in [6.07, 6.45) is 2.80. The van der Waals surface area contributed by atoms with Gasteiger partial charge in [-0.3, -0.25) is 0 Å². The fourth-order valence-corrected chi connectivity index (χ4v) is 1.52. The normalized spacial score (nSPS) is 17.0. The first-order valence-electron chi connectivity index (χ1n) is 4.54. The molecule has 1 aromatic heterocycles. The van der Waals surface area contributed by atoms with Crippen LogP contribution in [0.2, 0.25) is 0 Å². The third kappa shape index (κ3) is 1.80. The summed E-state index contributed by atoms with van der Waals surface area (Å²) >= 11 is 0. The van der Waals surface area contributed by atoms with E-state index in [9.17, 15) is 0 Å². The summed E-state index contributed by atoms with van der Waals surface area (Å²) in [4.78, 5) is 4.13. The maximum absolute atomic E-state index is 5.76. The van der Waals surface area contributed by atoms with Crippen LogP contribution in [0.1, 0.15) is 11.1 Å². The molecule has 3 nitrogen and oxygen atoms in total. The summed E-state index contributed by atoms with van der Waals surface area (Å²) in [6, 6.07) is 2.11. The van der Waals surface area contributed by atoms with Gasteiger partial charge in [0.2, 0.25) is 0 Å². The van der Waals surface area contributed by atoms with Crippen molar-refractivity contribution in [2.24, 2.45) is 5.92 Å². The number of aryl methyl sites for hydroxylation is 1. The van der Waals surface area contributed by atoms with Gasteiger partial charge in [0.05, 0.1) is 13.2 Å². The van der Waals surface area contributed by atoms with Gasteiger partial charge in [0, 0.05) is 12.1 Å². The van der Waals surface area contributed by atoms with E-state index in [1.807, 2.05) is 6.92 Å². The molecule has 0 unspecified atom stereocenters. The van der Waals surface area contributed by atoms with Gasteiger partial charge in [-0.05, 0) is 24.5 Å². The fraction of sp³-hybridized carbons (Fsp3) is 0.500. The molecule has 1 fully saturated rings. The zero-order valence-electron chi connectivity index (χ0n) is 7.79. The molecule has 0 aromatic carbocycles. The van der Waals surface area contributed by atoms with Crippen LogP contribution in [0.4, 0.5) is 5.82 Å². The molecule has 0 amide bonds. The molecule has 1 aliphatic rings. The van der Waals surface area contributed by atoms with Gasteiger partial charge in [-0.1, -0.05) is 6.07 Å². The van der Waals surface area contributed by atoms with E-state index in [1.165, 1.54) is 5.56 Å². The molecule has 3 heteroatoms. The van der Waals surface area contributed by atoms with Crippen LogP contribution in [0.3, 0.4) is 0 Å². The number of nitrogen functional groups attached to an aromatic ring is 1. The molecule has 1 saturated heterocycles. The predicted molar refractivity (Wildman–Crippen MR) is 51.4 cm³/mol. The van der Waals surface area contributed by atoms with Gasteiger partial charge in [-0.2, -0.15) is 0 Å². The fourth-order valence-electron chi connectivity index (χ4n) is 1.52. The van der Waals surface area contributed by atoms with Crippen LogP contribution in [-0.2, 0) is 11.2 Å². The highest BCUT2D eigenvalue weighted by atomic mass is 16.5. The lowest BCUT2D eigenvalue weighted by molar-refractivity contribution is -0.0311. The average Bonchev–Trinajstić information content (AvgIpc) is 2.03. The molecule has 2 heterocycles. The van der Waals surface area contributed by atoms with Crippen LogP contribution in [0.5, 0.6) is 0 Å². The minimum atomic E-state index is 0.644. The Morgan fingerprint density at radius 3 is 3.00 bits per heavy atom. The second-order valence-electron chi connectivity index (χ2n) is 3.66. The van der Waals surface area contributed by atoms with E-state index in [1.54, 1.807) is 6.20 Å². The summed E-state index contributed by atoms with van der Waals surface area (Å²) in [7, 11) is 0. The monoisotopic (exact) mass is 178 g/mol. The van der Waals surface area contributed by atoms with Crippen molar-refractivity contribution in [3.8, 4) is 0 Å². The number of nitrogens with zero attached hydrogens (tertiary/aromatic N) is 1. The van der Waals surface area contributed by atoms with Crippen LogP contribution >= 0.6 is 0 Å². The molecule has 0 radical (unpaired) electrons. The number of nitrogens with two attached hydrogens (primary N) is 1. The second-order valence-corrected chi connectivity index (χ2v) is 3.66. The Labute approximate surface area is 77.9 Å². The van der Waals surface area contributed by atoms with E-state index in [-0.39, 0.29) is 0 Å². The minimum Gasteiger partial charge on any atom is -0.383 e. The van der Waals surface area contributed by atoms with Crippen molar-refractivity contribution in [1.29, 1.82) is 0 Å². The predicted octanol–water partition coefficient (Wildman–Crippen LogP) is 1.16. The largest absolute Gasteiger partial charge is 0.383 e. The Hall–Kier alpha value is -1.09. The molecule has 0 aliphatic carbocycles. The average molecular weight is 178 g/mol. The molecule has 0 atom stereocenters. The van der Waals surface area contributed by atoms with Crippen molar-refractivity contribution >= 4 is 5.82 Å². The molecule has 0 bridgehead atoms. The molecular formula is C10H14N2O. The van der Waals surface area contributed by atoms with Gasteiger partial charge < -0.3 is 10.5 Å². The number of aromatic nitrogens is 1. The Morgan fingerprint density at radius 2 is 2.38 bits per heavy atom. The number of anilines is 1. The lowest BCUT2D eigenvalue weighted by Gasteiger charge is -2.26. The van der Waals surface area contributed by atoms with Crippen molar-refractivity contribution in [3.63, 3.8) is 0 Å². The third-order valence-corrected chi connectivity index (χ3v) is 2.35. The first kappa shape index (κ1) is 8.51. The zero-order valence-corrected chi connectivity index (χ0v) is 7.79. The number of hydrogen-bond donors (Lipinski definition) is 1. The summed E-state index contributed by atoms with van der Waals surface area (Å²) in [5, 5.41) is 0. The highest BCUT2D eigenvalue weighted by Crippen LogP contribution is 2.20. The van der Waals surface area contributed by atoms with Crippen LogP contribution in [0.15, 0.2) is 12.3 Å². The van der Waals surface area contributed by atoms with Crippen molar-refractivity contribution in [2.45, 2.75) is 13.3 Å². The molecule has 13 heavy (non-hydrogen) atoms. The van der Waals surface area contributed by atoms with Crippen LogP contribution in [-0.4, -0.2) is 18.2 Å². The first-order chi connectivity index (χ1) is 6.25. The van der Waals surface area contributed by atoms with Crippen LogP contribution in [0.25, 0.3) is 0 Å². The Balaban J connectivity index is 2.13. The first-order valence-corrected chi connectivity index (χ1v) is 4.54. The van der Waals surface area contributed by atoms with E-state index in [0.29, 0.717) is 11.7 Å². The van der Waals surface area contributed by atoms with E-state index in [4.69, 9.17) is 10.5 Å². The van der Waals surface area contributed by atoms with Crippen LogP contribution in [0, 0.1) is 12.8 Å². The van der Waals surface area contributed by atoms with Crippen LogP contribution < -0.4 is 5.73 Å². The highest BCUT2D eigenvalue weighted by Gasteiger charge is 2.19. The van der Waals surface area contributed by atoms with Gasteiger partial charge >= 0.3 is 0 Å². The Bertz CT molecular complexity index is 308. The van der Waals surface area contributed by atoms with Gasteiger partial charge in [-0.15, -0.1) is 0 Å². The molecule has 1 aromatic rings. The van der Waals surface area contributed by atoms with Gasteiger partial charge in [-0.25, -0.2) is 4.98 Å². The quantitative estimate of drug-likeness (QED) is 0.739. The van der Waals surface area contributed by atoms with E-state index in [2.05, 4.69) is 11.1 Å². The third-order valence-electron chi connectivity index (χ3n) is 2.35. The lowest BCUT2D eigenvalue weighted by Crippen LogP contribution is -2.29. The molecule has 0 spiro atoms. The topological polar surface area (TPSA) is 48.1 Å². The Morgan fingerprint density at radius 1 is 1.62 bits per heavy atom. The Kier molecular flexibility index (Phi) is 2.19. The van der Waals surface area contributed by atoms with Gasteiger partial charge in [0.25, 0.3) is 0 Å². The van der Waals surface area contributed by atoms with Crippen molar-refractivity contribution in [1.82, 2.24) is 4.98 Å². The van der Waals surface area contributed by atoms with Gasteiger partial charge in [0.1, 0.15) is 5.82 Å². The maximum Gasteiger partial charge on any atom is 0.126 e. The number of ether oxygens (including phenoxy) is 1. The minimum absolute atomic E-state index is 0.644. The van der Waals surface area contributed by atoms with E-state index >= 15 is 0 Å². The summed E-state index contributed by atoms with van der Waals surface area (Å²) < 4.78 is 5.12. The van der Waals surface area contributed by atoms with E-state index < -0.39 is 0 Å². The van der Waals surface area contributed by atoms with Crippen molar-refractivity contribution < 1.29 is 4.74 Å². The van der Waals surface area contributed by atoms with Crippen molar-refractivity contribution in [2.75, 3.05) is 18.9 Å². The standard InChI is InChI=1S/C10H14N2O/c1-7-2-9(10(11)12-4-7)3-8-5-13-6-8/h2,4,8H,3,5-6H2,1H3,(H2,11,12). The molecule has 0 saturated carbocycles. The highest BCUT2D eigenvalue weighted by molar-refractivity contribution is 5.41. The SMILES string of the molecule is Cc1cnc(N)c(CC2COC2)c1. The summed E-state index contributed by atoms with van der Waals surface area (Å²) in [5.41, 5.74) is 8.10. The summed E-state index contributed by atoms with van der Waals surface area (Å²) in [6.45, 7) is 3.77. The number of rotatable bonds is 2. The molecule has 2 rings (SSSR count). The zero-order chi connectivity index (χ0) is 9.26. The molecule has 1 aliphatic heterocycles. The number of hydrogen-bond acceptors (Lipinski definition) is 3. The molecule has 70 valence electrons. The second kappa shape index (κ2) is 3.34. The smallest absolute Gasteiger partial charge is 0.126 e. The lowest BCUT2D eigenvalue weighted by atomic mass is 9.98. The van der Waals surface area contributed by atoms with E-state index in [0.717, 1.165) is 25.2 Å². The molecular weight excluding hydrogens is 164 g/mol. The summed E-state index contributed by atoms with van der Waals surface area (Å²) in [5.74, 6) is 1.31. The van der Waals surface area contributed by atoms with Crippen molar-refractivity contribution in [3.05, 3.63) is 23.4 Å². The maximum atomic E-state index is 5.76. The van der Waals surface area contributed by atoms with Gasteiger partial charge in [0.15, 0.2) is 0 Å². The molecule has 2 N–H and O–H groups in total. The number of pyridine rings is 1.